The molecule has 0 saturated carbocycles. The summed E-state index contributed by atoms with van der Waals surface area (Å²) in [4.78, 5) is 11.7. The first-order valence-corrected chi connectivity index (χ1v) is 13.9. The van der Waals surface area contributed by atoms with E-state index in [4.69, 9.17) is 25.6 Å². The summed E-state index contributed by atoms with van der Waals surface area (Å²) in [5, 5.41) is 10.8. The largest absolute Gasteiger partial charge is 0.596 e. The van der Waals surface area contributed by atoms with Crippen LogP contribution in [0.4, 0.5) is 4.79 Å². The van der Waals surface area contributed by atoms with Crippen LogP contribution in [-0.2, 0) is 38.6 Å². The standard InChI is InChI=1S/C20H31N2O6PS2/c1-13(2)22(29(30)26-11-19(3,4)12-27-29)31(25)17(21-18(23)24)15-9-7-8-14-10-20(5,6)28-16(14)15/h7-9,13,17,21H,10-12H2,1-6H3,(H,23,24). The third-order valence-electron chi connectivity index (χ3n) is 4.96. The first-order chi connectivity index (χ1) is 14.2. The first kappa shape index (κ1) is 24.8. The average Bonchev–Trinajstić information content (AvgIpc) is 2.96. The maximum atomic E-state index is 13.9. The Morgan fingerprint density at radius 1 is 1.29 bits per heavy atom. The van der Waals surface area contributed by atoms with Gasteiger partial charge in [0.05, 0.1) is 36.2 Å². The molecule has 1 aromatic carbocycles. The van der Waals surface area contributed by atoms with Crippen molar-refractivity contribution in [2.24, 2.45) is 5.41 Å². The molecule has 1 amide bonds. The third kappa shape index (κ3) is 5.38. The molecule has 1 fully saturated rings. The lowest BCUT2D eigenvalue weighted by Gasteiger charge is -2.43. The van der Waals surface area contributed by atoms with Gasteiger partial charge in [-0.15, -0.1) is 0 Å². The van der Waals surface area contributed by atoms with Crippen LogP contribution >= 0.6 is 6.64 Å². The highest BCUT2D eigenvalue weighted by Gasteiger charge is 2.49. The van der Waals surface area contributed by atoms with Gasteiger partial charge in [0.25, 0.3) is 0 Å². The van der Waals surface area contributed by atoms with Gasteiger partial charge < -0.3 is 23.4 Å². The summed E-state index contributed by atoms with van der Waals surface area (Å²) in [6.07, 6.45) is -0.615. The fraction of sp³-hybridized carbons (Fsp3) is 0.650. The van der Waals surface area contributed by atoms with Crippen molar-refractivity contribution in [3.05, 3.63) is 29.3 Å². The fourth-order valence-electron chi connectivity index (χ4n) is 3.60. The first-order valence-electron chi connectivity index (χ1n) is 10.1. The molecule has 2 unspecified atom stereocenters. The second-order valence-corrected chi connectivity index (χ2v) is 14.5. The smallest absolute Gasteiger partial charge is 0.408 e. The van der Waals surface area contributed by atoms with Gasteiger partial charge in [-0.05, 0) is 55.2 Å². The number of ether oxygens (including phenoxy) is 1. The van der Waals surface area contributed by atoms with Crippen LogP contribution in [0.2, 0.25) is 0 Å². The number of nitrogens with zero attached hydrogens (tertiary/aromatic N) is 1. The lowest BCUT2D eigenvalue weighted by molar-refractivity contribution is 0.0479. The van der Waals surface area contributed by atoms with Gasteiger partial charge in [0.15, 0.2) is 0 Å². The highest BCUT2D eigenvalue weighted by Crippen LogP contribution is 2.60. The summed E-state index contributed by atoms with van der Waals surface area (Å²) in [5.41, 5.74) is 0.819. The molecule has 1 saturated heterocycles. The lowest BCUT2D eigenvalue weighted by Crippen LogP contribution is -2.46. The molecule has 11 heteroatoms. The summed E-state index contributed by atoms with van der Waals surface area (Å²) >= 11 is 3.82. The SMILES string of the molecule is CC(C)N([S+]([O-])C(NC(=O)O)c1cccc2c1OC(C)(C)C2)P1(=S)OCC(C)(C)CO1. The maximum absolute atomic E-state index is 13.9. The summed E-state index contributed by atoms with van der Waals surface area (Å²) in [7, 11) is 0. The van der Waals surface area contributed by atoms with Crippen LogP contribution in [0.25, 0.3) is 0 Å². The average molecular weight is 491 g/mol. The molecule has 0 radical (unpaired) electrons. The van der Waals surface area contributed by atoms with Crippen LogP contribution in [0.5, 0.6) is 5.75 Å². The van der Waals surface area contributed by atoms with Crippen molar-refractivity contribution < 1.29 is 28.2 Å². The number of benzene rings is 1. The van der Waals surface area contributed by atoms with Gasteiger partial charge in [-0.25, -0.2) is 4.79 Å². The predicted octanol–water partition coefficient (Wildman–Crippen LogP) is 4.34. The number of nitrogens with one attached hydrogen (secondary N) is 1. The van der Waals surface area contributed by atoms with Crippen molar-refractivity contribution >= 4 is 35.9 Å². The van der Waals surface area contributed by atoms with Gasteiger partial charge in [0, 0.05) is 11.8 Å². The Labute approximate surface area is 192 Å². The van der Waals surface area contributed by atoms with Gasteiger partial charge in [0.1, 0.15) is 11.4 Å². The van der Waals surface area contributed by atoms with Crippen LogP contribution < -0.4 is 10.1 Å². The van der Waals surface area contributed by atoms with E-state index >= 15 is 0 Å². The van der Waals surface area contributed by atoms with Crippen LogP contribution in [0, 0.1) is 5.41 Å². The van der Waals surface area contributed by atoms with Gasteiger partial charge in [-0.1, -0.05) is 26.0 Å². The number of fused-ring (bicyclic) bond motifs is 1. The molecule has 2 aliphatic rings. The van der Waals surface area contributed by atoms with Gasteiger partial charge in [-0.2, -0.15) is 0 Å². The lowest BCUT2D eigenvalue weighted by atomic mass is 9.97. The van der Waals surface area contributed by atoms with Gasteiger partial charge in [-0.3, -0.25) is 5.32 Å². The minimum atomic E-state index is -3.09. The Kier molecular flexibility index (Phi) is 7.04. The van der Waals surface area contributed by atoms with Crippen LogP contribution in [0.3, 0.4) is 0 Å². The van der Waals surface area contributed by atoms with Crippen molar-refractivity contribution in [1.29, 1.82) is 0 Å². The molecular weight excluding hydrogens is 459 g/mol. The zero-order valence-corrected chi connectivity index (χ0v) is 21.2. The summed E-state index contributed by atoms with van der Waals surface area (Å²) < 4.78 is 33.5. The Hall–Kier alpha value is -0.870. The molecule has 2 N–H and O–H groups in total. The number of carbonyl (C=O) groups is 1. The van der Waals surface area contributed by atoms with E-state index in [0.29, 0.717) is 30.9 Å². The molecular formula is C20H31N2O6PS2. The number of rotatable bonds is 6. The van der Waals surface area contributed by atoms with Crippen molar-refractivity contribution in [1.82, 2.24) is 9.39 Å². The van der Waals surface area contributed by atoms with Crippen LogP contribution in [0.1, 0.15) is 58.0 Å². The molecule has 0 bridgehead atoms. The normalized spacial score (nSPS) is 23.1. The Morgan fingerprint density at radius 2 is 1.90 bits per heavy atom. The van der Waals surface area contributed by atoms with Gasteiger partial charge >= 0.3 is 12.7 Å². The molecule has 31 heavy (non-hydrogen) atoms. The molecule has 0 spiro atoms. The Bertz CT molecular complexity index is 880. The topological polar surface area (TPSA) is 103 Å². The molecule has 8 nitrogen and oxygen atoms in total. The molecule has 2 atom stereocenters. The minimum absolute atomic E-state index is 0.204. The molecule has 0 aliphatic carbocycles. The number of hydrogen-bond acceptors (Lipinski definition) is 6. The molecule has 2 aliphatic heterocycles. The summed E-state index contributed by atoms with van der Waals surface area (Å²) in [5.74, 6) is 0.562. The van der Waals surface area contributed by atoms with E-state index in [1.54, 1.807) is 6.07 Å². The van der Waals surface area contributed by atoms with Crippen molar-refractivity contribution in [3.63, 3.8) is 0 Å². The maximum Gasteiger partial charge on any atom is 0.408 e. The Balaban J connectivity index is 2.00. The van der Waals surface area contributed by atoms with Crippen molar-refractivity contribution in [2.75, 3.05) is 13.2 Å². The van der Waals surface area contributed by atoms with Crippen LogP contribution in [0.15, 0.2) is 18.2 Å². The van der Waals surface area contributed by atoms with E-state index in [9.17, 15) is 14.5 Å². The molecule has 174 valence electrons. The molecule has 2 heterocycles. The van der Waals surface area contributed by atoms with Gasteiger partial charge in [0.2, 0.25) is 5.37 Å². The van der Waals surface area contributed by atoms with E-state index in [-0.39, 0.29) is 11.5 Å². The number of para-hydroxylation sites is 1. The predicted molar refractivity (Wildman–Crippen MR) is 124 cm³/mol. The molecule has 0 aromatic heterocycles. The van der Waals surface area contributed by atoms with E-state index in [1.807, 2.05) is 53.7 Å². The molecule has 1 aromatic rings. The van der Waals surface area contributed by atoms with E-state index < -0.39 is 35.1 Å². The van der Waals surface area contributed by atoms with Crippen LogP contribution in [-0.4, -0.2) is 44.7 Å². The number of carboxylic acid groups (broad SMARTS) is 1. The fourth-order valence-corrected chi connectivity index (χ4v) is 9.55. The van der Waals surface area contributed by atoms with Crippen molar-refractivity contribution in [3.8, 4) is 5.75 Å². The van der Waals surface area contributed by atoms with Crippen molar-refractivity contribution in [2.45, 2.75) is 65.0 Å². The van der Waals surface area contributed by atoms with E-state index in [2.05, 4.69) is 5.32 Å². The Morgan fingerprint density at radius 3 is 2.45 bits per heavy atom. The summed E-state index contributed by atoms with van der Waals surface area (Å²) in [6, 6.07) is 5.18. The minimum Gasteiger partial charge on any atom is -0.596 e. The van der Waals surface area contributed by atoms with E-state index in [0.717, 1.165) is 5.56 Å². The van der Waals surface area contributed by atoms with E-state index in [1.165, 1.54) is 4.08 Å². The number of hydrogen-bond donors (Lipinski definition) is 2. The highest BCUT2D eigenvalue weighted by atomic mass is 32.5. The second-order valence-electron chi connectivity index (χ2n) is 9.56. The monoisotopic (exact) mass is 490 g/mol. The second kappa shape index (κ2) is 8.82. The highest BCUT2D eigenvalue weighted by molar-refractivity contribution is 8.13. The summed E-state index contributed by atoms with van der Waals surface area (Å²) in [6.45, 7) is 9.27. The quantitative estimate of drug-likeness (QED) is 0.448. The number of amides is 1. The zero-order chi connectivity index (χ0) is 23.2. The molecule has 3 rings (SSSR count). The third-order valence-corrected chi connectivity index (χ3v) is 11.0. The zero-order valence-electron chi connectivity index (χ0n) is 18.7.